The third-order valence-electron chi connectivity index (χ3n) is 2.90. The van der Waals surface area contributed by atoms with Crippen molar-refractivity contribution in [2.24, 2.45) is 0 Å². The van der Waals surface area contributed by atoms with Gasteiger partial charge in [0, 0.05) is 23.9 Å². The van der Waals surface area contributed by atoms with Crippen molar-refractivity contribution in [3.8, 4) is 6.01 Å². The maximum Gasteiger partial charge on any atom is 0.322 e. The molecule has 2 rings (SSSR count). The molecule has 2 aromatic rings. The Labute approximate surface area is 122 Å². The predicted octanol–water partition coefficient (Wildman–Crippen LogP) is 2.37. The van der Waals surface area contributed by atoms with Crippen molar-refractivity contribution >= 4 is 23.2 Å². The van der Waals surface area contributed by atoms with Crippen molar-refractivity contribution in [3.63, 3.8) is 0 Å². The van der Waals surface area contributed by atoms with Gasteiger partial charge in [0.2, 0.25) is 11.9 Å². The molecule has 0 bridgehead atoms. The van der Waals surface area contributed by atoms with Gasteiger partial charge >= 0.3 is 6.01 Å². The van der Waals surface area contributed by atoms with Gasteiger partial charge in [-0.25, -0.2) is 0 Å². The van der Waals surface area contributed by atoms with Crippen LogP contribution in [0.25, 0.3) is 0 Å². The number of rotatable bonds is 6. The van der Waals surface area contributed by atoms with Crippen LogP contribution in [0.1, 0.15) is 18.7 Å². The van der Waals surface area contributed by atoms with E-state index in [1.165, 1.54) is 12.0 Å². The highest BCUT2D eigenvalue weighted by Gasteiger charge is 2.22. The summed E-state index contributed by atoms with van der Waals surface area (Å²) >= 11 is 1.75. The lowest BCUT2D eigenvalue weighted by molar-refractivity contribution is 0.379. The van der Waals surface area contributed by atoms with E-state index in [4.69, 9.17) is 4.74 Å². The Kier molecular flexibility index (Phi) is 4.39. The molecule has 2 aromatic heterocycles. The average molecular weight is 293 g/mol. The van der Waals surface area contributed by atoms with Crippen molar-refractivity contribution in [1.29, 1.82) is 0 Å². The van der Waals surface area contributed by atoms with Gasteiger partial charge in [-0.05, 0) is 11.4 Å². The molecule has 0 aliphatic heterocycles. The molecule has 0 saturated heterocycles. The molecule has 6 nitrogen and oxygen atoms in total. The Hall–Kier alpha value is -1.89. The van der Waals surface area contributed by atoms with Gasteiger partial charge in [0.25, 0.3) is 0 Å². The number of anilines is 2. The zero-order valence-corrected chi connectivity index (χ0v) is 12.9. The van der Waals surface area contributed by atoms with Crippen LogP contribution < -0.4 is 15.4 Å². The van der Waals surface area contributed by atoms with Crippen LogP contribution in [-0.4, -0.2) is 35.7 Å². The summed E-state index contributed by atoms with van der Waals surface area (Å²) in [5.74, 6) is 0.985. The molecule has 2 heterocycles. The van der Waals surface area contributed by atoms with Gasteiger partial charge < -0.3 is 15.4 Å². The molecule has 108 valence electrons. The van der Waals surface area contributed by atoms with E-state index in [0.717, 1.165) is 6.54 Å². The van der Waals surface area contributed by atoms with Crippen molar-refractivity contribution in [2.75, 3.05) is 31.3 Å². The molecule has 0 unspecified atom stereocenters. The van der Waals surface area contributed by atoms with E-state index in [-0.39, 0.29) is 5.41 Å². The Balaban J connectivity index is 2.10. The van der Waals surface area contributed by atoms with Crippen LogP contribution in [0.5, 0.6) is 6.01 Å². The summed E-state index contributed by atoms with van der Waals surface area (Å²) < 4.78 is 5.06. The molecule has 0 aromatic carbocycles. The van der Waals surface area contributed by atoms with Crippen molar-refractivity contribution in [3.05, 3.63) is 22.4 Å². The van der Waals surface area contributed by atoms with E-state index in [9.17, 15) is 0 Å². The van der Waals surface area contributed by atoms with E-state index in [1.54, 1.807) is 18.4 Å². The first-order chi connectivity index (χ1) is 9.55. The second-order valence-corrected chi connectivity index (χ2v) is 5.88. The molecular formula is C13H19N5OS. The summed E-state index contributed by atoms with van der Waals surface area (Å²) in [7, 11) is 3.29. The highest BCUT2D eigenvalue weighted by atomic mass is 32.1. The highest BCUT2D eigenvalue weighted by Crippen LogP contribution is 2.27. The van der Waals surface area contributed by atoms with E-state index in [1.807, 2.05) is 0 Å². The SMILES string of the molecule is CNc1nc(NCC(C)(C)c2cccs2)nc(OC)n1. The minimum Gasteiger partial charge on any atom is -0.467 e. The number of nitrogens with one attached hydrogen (secondary N) is 2. The van der Waals surface area contributed by atoms with Crippen LogP contribution in [0.2, 0.25) is 0 Å². The Bertz CT molecular complexity index is 534. The lowest BCUT2D eigenvalue weighted by Crippen LogP contribution is -2.27. The zero-order chi connectivity index (χ0) is 14.6. The predicted molar refractivity (Wildman–Crippen MR) is 81.8 cm³/mol. The van der Waals surface area contributed by atoms with Gasteiger partial charge in [-0.3, -0.25) is 0 Å². The van der Waals surface area contributed by atoms with Crippen molar-refractivity contribution < 1.29 is 4.74 Å². The highest BCUT2D eigenvalue weighted by molar-refractivity contribution is 7.10. The summed E-state index contributed by atoms with van der Waals surface area (Å²) in [4.78, 5) is 13.8. The minimum atomic E-state index is 0.00778. The van der Waals surface area contributed by atoms with Crippen LogP contribution in [0, 0.1) is 0 Å². The van der Waals surface area contributed by atoms with E-state index in [0.29, 0.717) is 17.9 Å². The van der Waals surface area contributed by atoms with Gasteiger partial charge in [0.1, 0.15) is 0 Å². The number of methoxy groups -OCH3 is 1. The fourth-order valence-electron chi connectivity index (χ4n) is 1.69. The molecule has 0 amide bonds. The molecule has 0 radical (unpaired) electrons. The average Bonchev–Trinajstić information content (AvgIpc) is 3.00. The quantitative estimate of drug-likeness (QED) is 0.852. The Morgan fingerprint density at radius 3 is 2.60 bits per heavy atom. The van der Waals surface area contributed by atoms with E-state index < -0.39 is 0 Å². The smallest absolute Gasteiger partial charge is 0.322 e. The second kappa shape index (κ2) is 6.04. The first kappa shape index (κ1) is 14.5. The monoisotopic (exact) mass is 293 g/mol. The number of hydrogen-bond acceptors (Lipinski definition) is 7. The maximum atomic E-state index is 5.06. The standard InChI is InChI=1S/C13H19N5OS/c1-13(2,9-6-5-7-20-9)8-15-11-16-10(14-3)17-12(18-11)19-4/h5-7H,8H2,1-4H3,(H2,14,15,16,17,18). The molecule has 0 fully saturated rings. The van der Waals surface area contributed by atoms with Gasteiger partial charge in [0.15, 0.2) is 0 Å². The molecule has 2 N–H and O–H groups in total. The summed E-state index contributed by atoms with van der Waals surface area (Å²) in [5.41, 5.74) is 0.00778. The fourth-order valence-corrected chi connectivity index (χ4v) is 2.54. The van der Waals surface area contributed by atoms with Crippen molar-refractivity contribution in [2.45, 2.75) is 19.3 Å². The number of hydrogen-bond donors (Lipinski definition) is 2. The van der Waals surface area contributed by atoms with Crippen LogP contribution in [0.3, 0.4) is 0 Å². The molecule has 0 atom stereocenters. The van der Waals surface area contributed by atoms with Gasteiger partial charge in [-0.1, -0.05) is 19.9 Å². The molecule has 0 aliphatic rings. The van der Waals surface area contributed by atoms with Crippen molar-refractivity contribution in [1.82, 2.24) is 15.0 Å². The zero-order valence-electron chi connectivity index (χ0n) is 12.1. The number of thiophene rings is 1. The number of ether oxygens (including phenoxy) is 1. The third-order valence-corrected chi connectivity index (χ3v) is 4.13. The fraction of sp³-hybridized carbons (Fsp3) is 0.462. The lowest BCUT2D eigenvalue weighted by Gasteiger charge is -2.23. The largest absolute Gasteiger partial charge is 0.467 e. The first-order valence-corrected chi connectivity index (χ1v) is 7.19. The second-order valence-electron chi connectivity index (χ2n) is 4.93. The molecule has 0 aliphatic carbocycles. The number of nitrogens with zero attached hydrogens (tertiary/aromatic N) is 3. The number of aromatic nitrogens is 3. The first-order valence-electron chi connectivity index (χ1n) is 6.31. The third kappa shape index (κ3) is 3.36. The Morgan fingerprint density at radius 1 is 1.25 bits per heavy atom. The molecule has 0 saturated carbocycles. The summed E-state index contributed by atoms with van der Waals surface area (Å²) in [6, 6.07) is 4.49. The van der Waals surface area contributed by atoms with E-state index >= 15 is 0 Å². The topological polar surface area (TPSA) is 72.0 Å². The van der Waals surface area contributed by atoms with Crippen LogP contribution in [-0.2, 0) is 5.41 Å². The van der Waals surface area contributed by atoms with Crippen LogP contribution in [0.4, 0.5) is 11.9 Å². The lowest BCUT2D eigenvalue weighted by atomic mass is 9.91. The normalized spacial score (nSPS) is 11.2. The van der Waals surface area contributed by atoms with Gasteiger partial charge in [-0.15, -0.1) is 11.3 Å². The molecule has 0 spiro atoms. The van der Waals surface area contributed by atoms with Crippen LogP contribution >= 0.6 is 11.3 Å². The summed E-state index contributed by atoms with van der Waals surface area (Å²) in [6.07, 6.45) is 0. The van der Waals surface area contributed by atoms with Gasteiger partial charge in [0.05, 0.1) is 7.11 Å². The van der Waals surface area contributed by atoms with E-state index in [2.05, 4.69) is 56.9 Å². The maximum absolute atomic E-state index is 5.06. The molecule has 7 heteroatoms. The summed E-state index contributed by atoms with van der Waals surface area (Å²) in [5, 5.41) is 8.22. The summed E-state index contributed by atoms with van der Waals surface area (Å²) in [6.45, 7) is 5.09. The van der Waals surface area contributed by atoms with Crippen LogP contribution in [0.15, 0.2) is 17.5 Å². The van der Waals surface area contributed by atoms with Gasteiger partial charge in [-0.2, -0.15) is 15.0 Å². The molecular weight excluding hydrogens is 274 g/mol. The minimum absolute atomic E-state index is 0.00778. The Morgan fingerprint density at radius 2 is 2.00 bits per heavy atom. The molecule has 20 heavy (non-hydrogen) atoms.